The molecule has 0 heterocycles. The van der Waals surface area contributed by atoms with Crippen LogP contribution >= 0.6 is 24.0 Å². The first-order valence-electron chi connectivity index (χ1n) is 7.86. The van der Waals surface area contributed by atoms with Gasteiger partial charge in [0, 0.05) is 18.3 Å². The highest BCUT2D eigenvalue weighted by molar-refractivity contribution is 14.0. The van der Waals surface area contributed by atoms with Gasteiger partial charge in [-0.25, -0.2) is 13.1 Å². The van der Waals surface area contributed by atoms with E-state index in [0.29, 0.717) is 12.5 Å². The average Bonchev–Trinajstić information content (AvgIpc) is 2.86. The van der Waals surface area contributed by atoms with Crippen molar-refractivity contribution in [3.05, 3.63) is 29.3 Å². The molecule has 0 amide bonds. The molecule has 4 N–H and O–H groups in total. The molecule has 1 aromatic carbocycles. The summed E-state index contributed by atoms with van der Waals surface area (Å²) in [6.07, 6.45) is 4.03. The van der Waals surface area contributed by atoms with Crippen LogP contribution in [0.5, 0.6) is 0 Å². The van der Waals surface area contributed by atoms with Crippen LogP contribution in [0.25, 0.3) is 0 Å². The summed E-state index contributed by atoms with van der Waals surface area (Å²) in [6, 6.07) is 5.99. The summed E-state index contributed by atoms with van der Waals surface area (Å²) >= 11 is 0. The molecule has 0 saturated heterocycles. The molecule has 1 aromatic rings. The van der Waals surface area contributed by atoms with E-state index in [-0.39, 0.29) is 35.9 Å². The van der Waals surface area contributed by atoms with Crippen molar-refractivity contribution in [1.29, 1.82) is 0 Å². The minimum Gasteiger partial charge on any atom is -0.370 e. The average molecular weight is 466 g/mol. The molecule has 8 heteroatoms. The lowest BCUT2D eigenvalue weighted by atomic mass is 10.1. The van der Waals surface area contributed by atoms with Crippen LogP contribution in [0.2, 0.25) is 0 Å². The number of benzene rings is 1. The van der Waals surface area contributed by atoms with E-state index in [1.165, 1.54) is 17.4 Å². The first kappa shape index (κ1) is 21.2. The molecule has 1 aliphatic carbocycles. The molecule has 0 radical (unpaired) electrons. The van der Waals surface area contributed by atoms with E-state index in [9.17, 15) is 8.42 Å². The SMILES string of the molecule is Cc1ccc(NC(N)=NCC2CCCC2NS(C)(=O)=O)cc1C.I. The van der Waals surface area contributed by atoms with E-state index in [1.807, 2.05) is 25.1 Å². The number of aryl methyl sites for hydroxylation is 2. The van der Waals surface area contributed by atoms with Crippen LogP contribution in [0.15, 0.2) is 23.2 Å². The largest absolute Gasteiger partial charge is 0.370 e. The monoisotopic (exact) mass is 466 g/mol. The van der Waals surface area contributed by atoms with Gasteiger partial charge in [-0.05, 0) is 55.9 Å². The molecule has 2 atom stereocenters. The quantitative estimate of drug-likeness (QED) is 0.353. The van der Waals surface area contributed by atoms with Crippen molar-refractivity contribution < 1.29 is 8.42 Å². The molecular weight excluding hydrogens is 439 g/mol. The number of hydrogen-bond acceptors (Lipinski definition) is 3. The second-order valence-corrected chi connectivity index (χ2v) is 8.12. The summed E-state index contributed by atoms with van der Waals surface area (Å²) in [5.41, 5.74) is 9.27. The Morgan fingerprint density at radius 2 is 2.00 bits per heavy atom. The molecule has 2 rings (SSSR count). The van der Waals surface area contributed by atoms with Gasteiger partial charge >= 0.3 is 0 Å². The Morgan fingerprint density at radius 1 is 1.29 bits per heavy atom. The molecule has 6 nitrogen and oxygen atoms in total. The molecular formula is C16H27IN4O2S. The predicted molar refractivity (Wildman–Crippen MR) is 111 cm³/mol. The molecule has 0 aliphatic heterocycles. The summed E-state index contributed by atoms with van der Waals surface area (Å²) in [7, 11) is -3.18. The van der Waals surface area contributed by atoms with E-state index >= 15 is 0 Å². The van der Waals surface area contributed by atoms with Crippen molar-refractivity contribution in [3.8, 4) is 0 Å². The Hall–Kier alpha value is -0.870. The second kappa shape index (κ2) is 9.00. The van der Waals surface area contributed by atoms with Crippen LogP contribution in [0.3, 0.4) is 0 Å². The van der Waals surface area contributed by atoms with Gasteiger partial charge in [-0.3, -0.25) is 4.99 Å². The van der Waals surface area contributed by atoms with Gasteiger partial charge in [0.15, 0.2) is 5.96 Å². The Morgan fingerprint density at radius 3 is 2.62 bits per heavy atom. The minimum absolute atomic E-state index is 0. The van der Waals surface area contributed by atoms with Crippen molar-refractivity contribution in [1.82, 2.24) is 4.72 Å². The Balaban J connectivity index is 0.00000288. The maximum Gasteiger partial charge on any atom is 0.208 e. The Labute approximate surface area is 161 Å². The molecule has 0 aromatic heterocycles. The highest BCUT2D eigenvalue weighted by atomic mass is 127. The van der Waals surface area contributed by atoms with Gasteiger partial charge in [-0.2, -0.15) is 0 Å². The molecule has 24 heavy (non-hydrogen) atoms. The van der Waals surface area contributed by atoms with Crippen molar-refractivity contribution in [2.24, 2.45) is 16.6 Å². The van der Waals surface area contributed by atoms with Gasteiger partial charge in [0.25, 0.3) is 0 Å². The fourth-order valence-corrected chi connectivity index (χ4v) is 3.77. The first-order valence-corrected chi connectivity index (χ1v) is 9.75. The van der Waals surface area contributed by atoms with E-state index in [1.54, 1.807) is 0 Å². The van der Waals surface area contributed by atoms with E-state index in [0.717, 1.165) is 24.9 Å². The molecule has 1 fully saturated rings. The number of halogens is 1. The fraction of sp³-hybridized carbons (Fsp3) is 0.562. The Bertz CT molecular complexity index is 691. The fourth-order valence-electron chi connectivity index (χ4n) is 2.91. The maximum absolute atomic E-state index is 11.4. The third-order valence-electron chi connectivity index (χ3n) is 4.30. The second-order valence-electron chi connectivity index (χ2n) is 6.34. The lowest BCUT2D eigenvalue weighted by Crippen LogP contribution is -2.38. The van der Waals surface area contributed by atoms with E-state index in [2.05, 4.69) is 22.0 Å². The number of rotatable bonds is 5. The molecule has 136 valence electrons. The van der Waals surface area contributed by atoms with Crippen LogP contribution in [-0.4, -0.2) is 33.2 Å². The zero-order valence-corrected chi connectivity index (χ0v) is 17.5. The van der Waals surface area contributed by atoms with Crippen LogP contribution in [0, 0.1) is 19.8 Å². The normalized spacial score (nSPS) is 21.4. The lowest BCUT2D eigenvalue weighted by molar-refractivity contribution is 0.455. The molecule has 1 saturated carbocycles. The van der Waals surface area contributed by atoms with Crippen molar-refractivity contribution in [2.45, 2.75) is 39.2 Å². The topological polar surface area (TPSA) is 96.6 Å². The smallest absolute Gasteiger partial charge is 0.208 e. The zero-order valence-electron chi connectivity index (χ0n) is 14.4. The predicted octanol–water partition coefficient (Wildman–Crippen LogP) is 2.37. The highest BCUT2D eigenvalue weighted by Crippen LogP contribution is 2.26. The third-order valence-corrected chi connectivity index (χ3v) is 5.03. The first-order chi connectivity index (χ1) is 10.7. The van der Waals surface area contributed by atoms with Crippen LogP contribution < -0.4 is 15.8 Å². The highest BCUT2D eigenvalue weighted by Gasteiger charge is 2.29. The van der Waals surface area contributed by atoms with Crippen LogP contribution in [0.4, 0.5) is 5.69 Å². The van der Waals surface area contributed by atoms with Crippen molar-refractivity contribution >= 4 is 45.6 Å². The summed E-state index contributed by atoms with van der Waals surface area (Å²) in [4.78, 5) is 4.38. The van der Waals surface area contributed by atoms with Gasteiger partial charge in [0.1, 0.15) is 0 Å². The number of anilines is 1. The van der Waals surface area contributed by atoms with Crippen LogP contribution in [0.1, 0.15) is 30.4 Å². The molecule has 2 unspecified atom stereocenters. The summed E-state index contributed by atoms with van der Waals surface area (Å²) < 4.78 is 25.5. The number of hydrogen-bond donors (Lipinski definition) is 3. The standard InChI is InChI=1S/C16H26N4O2S.HI/c1-11-7-8-14(9-12(11)2)19-16(17)18-10-13-5-4-6-15(13)20-23(3,21)22;/h7-9,13,15,20H,4-6,10H2,1-3H3,(H3,17,18,19);1H. The zero-order chi connectivity index (χ0) is 17.0. The van der Waals surface area contributed by atoms with E-state index in [4.69, 9.17) is 5.73 Å². The third kappa shape index (κ3) is 6.56. The molecule has 0 bridgehead atoms. The van der Waals surface area contributed by atoms with Gasteiger partial charge in [0.2, 0.25) is 10.0 Å². The number of sulfonamides is 1. The van der Waals surface area contributed by atoms with Crippen LogP contribution in [-0.2, 0) is 10.0 Å². The van der Waals surface area contributed by atoms with Gasteiger partial charge in [0.05, 0.1) is 6.26 Å². The number of guanidine groups is 1. The molecule has 1 aliphatic rings. The number of aliphatic imine (C=N–C) groups is 1. The lowest BCUT2D eigenvalue weighted by Gasteiger charge is -2.18. The minimum atomic E-state index is -3.18. The number of nitrogens with two attached hydrogens (primary N) is 1. The maximum atomic E-state index is 11.4. The van der Waals surface area contributed by atoms with Crippen molar-refractivity contribution in [2.75, 3.05) is 18.1 Å². The van der Waals surface area contributed by atoms with Crippen molar-refractivity contribution in [3.63, 3.8) is 0 Å². The Kier molecular flexibility index (Phi) is 7.94. The summed E-state index contributed by atoms with van der Waals surface area (Å²) in [5.74, 6) is 0.558. The summed E-state index contributed by atoms with van der Waals surface area (Å²) in [6.45, 7) is 4.64. The van der Waals surface area contributed by atoms with Gasteiger partial charge in [-0.15, -0.1) is 24.0 Å². The molecule has 0 spiro atoms. The van der Waals surface area contributed by atoms with Gasteiger partial charge in [-0.1, -0.05) is 12.5 Å². The van der Waals surface area contributed by atoms with Gasteiger partial charge < -0.3 is 11.1 Å². The number of nitrogens with one attached hydrogen (secondary N) is 2. The van der Waals surface area contributed by atoms with E-state index < -0.39 is 10.0 Å². The summed E-state index contributed by atoms with van der Waals surface area (Å²) in [5, 5.41) is 3.09. The number of nitrogens with zero attached hydrogens (tertiary/aromatic N) is 1.